The van der Waals surface area contributed by atoms with Gasteiger partial charge in [0.15, 0.2) is 0 Å². The average Bonchev–Trinajstić information content (AvgIpc) is 2.47. The predicted octanol–water partition coefficient (Wildman–Crippen LogP) is 5.10. The van der Waals surface area contributed by atoms with Crippen LogP contribution in [0.4, 0.5) is 0 Å². The lowest BCUT2D eigenvalue weighted by atomic mass is 9.98. The minimum Gasteiger partial charge on any atom is -0.457 e. The lowest BCUT2D eigenvalue weighted by molar-refractivity contribution is 0.464. The molecule has 2 nitrogen and oxygen atoms in total. The van der Waals surface area contributed by atoms with Crippen molar-refractivity contribution >= 4 is 11.6 Å². The molecular formula is C17H20ClNO. The van der Waals surface area contributed by atoms with E-state index >= 15 is 0 Å². The largest absolute Gasteiger partial charge is 0.457 e. The van der Waals surface area contributed by atoms with Crippen molar-refractivity contribution in [3.8, 4) is 11.5 Å². The van der Waals surface area contributed by atoms with Crippen LogP contribution < -0.4 is 10.5 Å². The van der Waals surface area contributed by atoms with Crippen molar-refractivity contribution in [1.29, 1.82) is 0 Å². The summed E-state index contributed by atoms with van der Waals surface area (Å²) in [5, 5.41) is 0.651. The molecule has 0 heterocycles. The molecule has 0 saturated carbocycles. The molecule has 0 aliphatic carbocycles. The fourth-order valence-corrected chi connectivity index (χ4v) is 2.27. The Morgan fingerprint density at radius 3 is 2.60 bits per heavy atom. The highest BCUT2D eigenvalue weighted by atomic mass is 35.5. The van der Waals surface area contributed by atoms with E-state index in [1.54, 1.807) is 0 Å². The Labute approximate surface area is 125 Å². The molecule has 0 aliphatic heterocycles. The van der Waals surface area contributed by atoms with E-state index in [-0.39, 0.29) is 0 Å². The molecule has 0 amide bonds. The summed E-state index contributed by atoms with van der Waals surface area (Å²) in [5.41, 5.74) is 7.91. The molecule has 1 unspecified atom stereocenters. The fourth-order valence-electron chi connectivity index (χ4n) is 2.11. The summed E-state index contributed by atoms with van der Waals surface area (Å²) in [6, 6.07) is 13.7. The van der Waals surface area contributed by atoms with Gasteiger partial charge in [0.05, 0.1) is 0 Å². The first-order valence-electron chi connectivity index (χ1n) is 6.91. The van der Waals surface area contributed by atoms with E-state index in [2.05, 4.69) is 19.9 Å². The smallest absolute Gasteiger partial charge is 0.133 e. The van der Waals surface area contributed by atoms with Crippen LogP contribution in [0, 0.1) is 0 Å². The van der Waals surface area contributed by atoms with Crippen LogP contribution in [0.15, 0.2) is 42.5 Å². The van der Waals surface area contributed by atoms with Crippen LogP contribution >= 0.6 is 11.6 Å². The summed E-state index contributed by atoms with van der Waals surface area (Å²) in [6.45, 7) is 4.80. The Hall–Kier alpha value is -1.51. The van der Waals surface area contributed by atoms with E-state index in [1.807, 2.05) is 36.4 Å². The van der Waals surface area contributed by atoms with Gasteiger partial charge in [0.25, 0.3) is 0 Å². The highest BCUT2D eigenvalue weighted by Gasteiger charge is 2.12. The second-order valence-corrected chi connectivity index (χ2v) is 5.34. The van der Waals surface area contributed by atoms with Crippen LogP contribution in [-0.4, -0.2) is 0 Å². The normalized spacial score (nSPS) is 12.2. The minimum atomic E-state index is 0.429. The van der Waals surface area contributed by atoms with E-state index in [0.29, 0.717) is 17.5 Å². The molecule has 20 heavy (non-hydrogen) atoms. The minimum absolute atomic E-state index is 0.429. The first-order valence-corrected chi connectivity index (χ1v) is 7.28. The summed E-state index contributed by atoms with van der Waals surface area (Å²) in [7, 11) is 0. The average molecular weight is 290 g/mol. The molecule has 0 radical (unpaired) electrons. The zero-order valence-electron chi connectivity index (χ0n) is 11.9. The van der Waals surface area contributed by atoms with Crippen LogP contribution in [0.1, 0.15) is 37.3 Å². The van der Waals surface area contributed by atoms with E-state index in [9.17, 15) is 0 Å². The van der Waals surface area contributed by atoms with Gasteiger partial charge in [-0.25, -0.2) is 0 Å². The maximum absolute atomic E-state index is 6.07. The second-order valence-electron chi connectivity index (χ2n) is 4.91. The first-order chi connectivity index (χ1) is 9.65. The fraction of sp³-hybridized carbons (Fsp3) is 0.294. The van der Waals surface area contributed by atoms with Gasteiger partial charge in [0.2, 0.25) is 0 Å². The standard InChI is InChI=1S/C17H20ClNO/c1-3-12(2)15-6-4-5-7-16(15)20-17-10-14(18)9-8-13(17)11-19/h4-10,12H,3,11,19H2,1-2H3. The highest BCUT2D eigenvalue weighted by molar-refractivity contribution is 6.30. The van der Waals surface area contributed by atoms with Crippen LogP contribution in [0.25, 0.3) is 0 Å². The molecule has 0 spiro atoms. The van der Waals surface area contributed by atoms with Crippen molar-refractivity contribution in [3.05, 3.63) is 58.6 Å². The highest BCUT2D eigenvalue weighted by Crippen LogP contribution is 2.34. The third kappa shape index (κ3) is 3.33. The van der Waals surface area contributed by atoms with Gasteiger partial charge in [0, 0.05) is 17.1 Å². The topological polar surface area (TPSA) is 35.2 Å². The number of para-hydroxylation sites is 1. The molecule has 2 N–H and O–H groups in total. The Bertz CT molecular complexity index is 583. The molecular weight excluding hydrogens is 270 g/mol. The maximum atomic E-state index is 6.07. The van der Waals surface area contributed by atoms with Gasteiger partial charge in [-0.1, -0.05) is 49.7 Å². The van der Waals surface area contributed by atoms with Crippen molar-refractivity contribution in [1.82, 2.24) is 0 Å². The van der Waals surface area contributed by atoms with E-state index in [0.717, 1.165) is 23.5 Å². The van der Waals surface area contributed by atoms with E-state index < -0.39 is 0 Å². The summed E-state index contributed by atoms with van der Waals surface area (Å²) < 4.78 is 6.07. The number of hydrogen-bond acceptors (Lipinski definition) is 2. The number of ether oxygens (including phenoxy) is 1. The number of halogens is 1. The van der Waals surface area contributed by atoms with Crippen LogP contribution in [0.3, 0.4) is 0 Å². The van der Waals surface area contributed by atoms with Crippen LogP contribution in [0.2, 0.25) is 5.02 Å². The van der Waals surface area contributed by atoms with Crippen molar-refractivity contribution in [2.75, 3.05) is 0 Å². The Morgan fingerprint density at radius 1 is 1.15 bits per heavy atom. The van der Waals surface area contributed by atoms with Gasteiger partial charge in [-0.15, -0.1) is 0 Å². The van der Waals surface area contributed by atoms with E-state index in [1.165, 1.54) is 5.56 Å². The molecule has 2 aromatic rings. The number of rotatable bonds is 5. The Balaban J connectivity index is 2.37. The molecule has 0 fully saturated rings. The molecule has 0 aliphatic rings. The zero-order valence-corrected chi connectivity index (χ0v) is 12.7. The zero-order chi connectivity index (χ0) is 14.5. The first kappa shape index (κ1) is 14.9. The summed E-state index contributed by atoms with van der Waals surface area (Å²) in [4.78, 5) is 0. The molecule has 2 aromatic carbocycles. The number of nitrogens with two attached hydrogens (primary N) is 1. The molecule has 1 atom stereocenters. The number of benzene rings is 2. The van der Waals surface area contributed by atoms with Gasteiger partial charge in [-0.3, -0.25) is 0 Å². The number of hydrogen-bond donors (Lipinski definition) is 1. The van der Waals surface area contributed by atoms with Gasteiger partial charge < -0.3 is 10.5 Å². The lowest BCUT2D eigenvalue weighted by Crippen LogP contribution is -2.01. The van der Waals surface area contributed by atoms with Gasteiger partial charge in [-0.2, -0.15) is 0 Å². The van der Waals surface area contributed by atoms with Crippen LogP contribution in [-0.2, 0) is 6.54 Å². The monoisotopic (exact) mass is 289 g/mol. The van der Waals surface area contributed by atoms with Crippen LogP contribution in [0.5, 0.6) is 11.5 Å². The SMILES string of the molecule is CCC(C)c1ccccc1Oc1cc(Cl)ccc1CN. The molecule has 3 heteroatoms. The summed E-state index contributed by atoms with van der Waals surface area (Å²) in [6.07, 6.45) is 1.07. The van der Waals surface area contributed by atoms with Crippen molar-refractivity contribution < 1.29 is 4.74 Å². The maximum Gasteiger partial charge on any atom is 0.133 e. The predicted molar refractivity (Wildman–Crippen MR) is 84.6 cm³/mol. The third-order valence-electron chi connectivity index (χ3n) is 3.53. The molecule has 106 valence electrons. The van der Waals surface area contributed by atoms with Crippen molar-refractivity contribution in [3.63, 3.8) is 0 Å². The lowest BCUT2D eigenvalue weighted by Gasteiger charge is -2.17. The third-order valence-corrected chi connectivity index (χ3v) is 3.77. The van der Waals surface area contributed by atoms with Gasteiger partial charge in [-0.05, 0) is 36.1 Å². The molecule has 0 aromatic heterocycles. The van der Waals surface area contributed by atoms with E-state index in [4.69, 9.17) is 22.1 Å². The molecule has 0 saturated heterocycles. The molecule has 0 bridgehead atoms. The van der Waals surface area contributed by atoms with Crippen molar-refractivity contribution in [2.45, 2.75) is 32.7 Å². The Morgan fingerprint density at radius 2 is 1.90 bits per heavy atom. The van der Waals surface area contributed by atoms with Gasteiger partial charge >= 0.3 is 0 Å². The molecule has 2 rings (SSSR count). The summed E-state index contributed by atoms with van der Waals surface area (Å²) in [5.74, 6) is 2.06. The van der Waals surface area contributed by atoms with Gasteiger partial charge in [0.1, 0.15) is 11.5 Å². The van der Waals surface area contributed by atoms with Crippen molar-refractivity contribution in [2.24, 2.45) is 5.73 Å². The second kappa shape index (κ2) is 6.78. The Kier molecular flexibility index (Phi) is 5.05. The quantitative estimate of drug-likeness (QED) is 0.830. The summed E-state index contributed by atoms with van der Waals surface area (Å²) >= 11 is 6.05.